The summed E-state index contributed by atoms with van der Waals surface area (Å²) in [5, 5.41) is 1.69. The van der Waals surface area contributed by atoms with Crippen LogP contribution in [-0.2, 0) is 0 Å². The molecule has 0 saturated heterocycles. The first-order valence-electron chi connectivity index (χ1n) is 6.24. The third kappa shape index (κ3) is 2.40. The number of carbonyl (C=O) groups is 1. The Morgan fingerprint density at radius 2 is 1.38 bits per heavy atom. The Labute approximate surface area is 118 Å². The zero-order valence-electron chi connectivity index (χ0n) is 10.7. The molecule has 0 N–H and O–H groups in total. The van der Waals surface area contributed by atoms with Crippen molar-refractivity contribution in [1.82, 2.24) is 0 Å². The molecule has 3 aromatic rings. The first-order chi connectivity index (χ1) is 10.1. The van der Waals surface area contributed by atoms with Crippen molar-refractivity contribution in [2.24, 2.45) is 0 Å². The van der Waals surface area contributed by atoms with Crippen molar-refractivity contribution >= 4 is 16.6 Å². The Balaban J connectivity index is 2.12. The molecule has 0 saturated carbocycles. The zero-order chi connectivity index (χ0) is 15.0. The van der Waals surface area contributed by atoms with Crippen molar-refractivity contribution < 1.29 is 18.0 Å². The van der Waals surface area contributed by atoms with Crippen LogP contribution in [0.2, 0.25) is 0 Å². The number of rotatable bonds is 2. The van der Waals surface area contributed by atoms with Gasteiger partial charge in [0.05, 0.1) is 5.56 Å². The van der Waals surface area contributed by atoms with Crippen LogP contribution in [-0.4, -0.2) is 5.78 Å². The van der Waals surface area contributed by atoms with Crippen LogP contribution in [0.15, 0.2) is 54.6 Å². The SMILES string of the molecule is O=C(c1ccc2ccccc2c1)c1c(F)cc(F)cc1F. The monoisotopic (exact) mass is 286 g/mol. The molecule has 0 aliphatic carbocycles. The Morgan fingerprint density at radius 1 is 0.762 bits per heavy atom. The van der Waals surface area contributed by atoms with Gasteiger partial charge in [-0.1, -0.05) is 36.4 Å². The van der Waals surface area contributed by atoms with Gasteiger partial charge in [0.15, 0.2) is 5.78 Å². The number of carbonyl (C=O) groups excluding carboxylic acids is 1. The molecule has 0 bridgehead atoms. The highest BCUT2D eigenvalue weighted by Crippen LogP contribution is 2.22. The highest BCUT2D eigenvalue weighted by atomic mass is 19.1. The van der Waals surface area contributed by atoms with Crippen LogP contribution < -0.4 is 0 Å². The largest absolute Gasteiger partial charge is 0.288 e. The molecule has 4 heteroatoms. The first-order valence-corrected chi connectivity index (χ1v) is 6.24. The van der Waals surface area contributed by atoms with Gasteiger partial charge in [-0.2, -0.15) is 0 Å². The maximum absolute atomic E-state index is 13.7. The summed E-state index contributed by atoms with van der Waals surface area (Å²) in [6, 6.07) is 13.0. The fourth-order valence-electron chi connectivity index (χ4n) is 2.23. The van der Waals surface area contributed by atoms with Gasteiger partial charge in [0.2, 0.25) is 0 Å². The second kappa shape index (κ2) is 5.05. The molecule has 0 heterocycles. The molecule has 0 amide bonds. The average Bonchev–Trinajstić information content (AvgIpc) is 2.45. The molecule has 21 heavy (non-hydrogen) atoms. The van der Waals surface area contributed by atoms with Crippen molar-refractivity contribution in [3.05, 3.63) is 83.2 Å². The number of hydrogen-bond acceptors (Lipinski definition) is 1. The predicted octanol–water partition coefficient (Wildman–Crippen LogP) is 4.49. The Bertz CT molecular complexity index is 833. The van der Waals surface area contributed by atoms with Gasteiger partial charge in [-0.15, -0.1) is 0 Å². The fraction of sp³-hybridized carbons (Fsp3) is 0. The highest BCUT2D eigenvalue weighted by molar-refractivity contribution is 6.11. The quantitative estimate of drug-likeness (QED) is 0.634. The van der Waals surface area contributed by atoms with Crippen LogP contribution in [0.25, 0.3) is 10.8 Å². The second-order valence-electron chi connectivity index (χ2n) is 4.64. The highest BCUT2D eigenvalue weighted by Gasteiger charge is 2.20. The van der Waals surface area contributed by atoms with Crippen molar-refractivity contribution in [3.8, 4) is 0 Å². The molecule has 0 fully saturated rings. The van der Waals surface area contributed by atoms with E-state index in [1.165, 1.54) is 6.07 Å². The summed E-state index contributed by atoms with van der Waals surface area (Å²) in [6.45, 7) is 0. The van der Waals surface area contributed by atoms with E-state index in [0.29, 0.717) is 12.1 Å². The van der Waals surface area contributed by atoms with Crippen LogP contribution >= 0.6 is 0 Å². The zero-order valence-corrected chi connectivity index (χ0v) is 10.7. The molecule has 0 aliphatic rings. The van der Waals surface area contributed by atoms with Crippen molar-refractivity contribution in [1.29, 1.82) is 0 Å². The first kappa shape index (κ1) is 13.4. The number of halogens is 3. The third-order valence-corrected chi connectivity index (χ3v) is 3.25. The predicted molar refractivity (Wildman–Crippen MR) is 73.7 cm³/mol. The molecule has 0 aliphatic heterocycles. The topological polar surface area (TPSA) is 17.1 Å². The molecule has 0 unspecified atom stereocenters. The minimum absolute atomic E-state index is 0.151. The lowest BCUT2D eigenvalue weighted by molar-refractivity contribution is 0.103. The minimum Gasteiger partial charge on any atom is -0.288 e. The van der Waals surface area contributed by atoms with E-state index in [1.807, 2.05) is 12.1 Å². The van der Waals surface area contributed by atoms with E-state index in [9.17, 15) is 18.0 Å². The van der Waals surface area contributed by atoms with E-state index >= 15 is 0 Å². The van der Waals surface area contributed by atoms with E-state index in [4.69, 9.17) is 0 Å². The standard InChI is InChI=1S/C17H9F3O/c18-13-8-14(19)16(15(20)9-13)17(21)12-6-5-10-3-1-2-4-11(10)7-12/h1-9H. The van der Waals surface area contributed by atoms with Crippen LogP contribution in [0.5, 0.6) is 0 Å². The van der Waals surface area contributed by atoms with Gasteiger partial charge in [-0.3, -0.25) is 4.79 Å². The number of fused-ring (bicyclic) bond motifs is 1. The van der Waals surface area contributed by atoms with Gasteiger partial charge in [0, 0.05) is 17.7 Å². The van der Waals surface area contributed by atoms with Crippen LogP contribution in [0.1, 0.15) is 15.9 Å². The van der Waals surface area contributed by atoms with E-state index in [-0.39, 0.29) is 5.56 Å². The smallest absolute Gasteiger partial charge is 0.198 e. The lowest BCUT2D eigenvalue weighted by Gasteiger charge is -2.06. The molecular formula is C17H9F3O. The van der Waals surface area contributed by atoms with Crippen LogP contribution in [0.4, 0.5) is 13.2 Å². The van der Waals surface area contributed by atoms with E-state index in [0.717, 1.165) is 10.8 Å². The van der Waals surface area contributed by atoms with Crippen LogP contribution in [0.3, 0.4) is 0 Å². The Kier molecular flexibility index (Phi) is 3.22. The number of ketones is 1. The summed E-state index contributed by atoms with van der Waals surface area (Å²) in [7, 11) is 0. The maximum Gasteiger partial charge on any atom is 0.198 e. The van der Waals surface area contributed by atoms with Crippen LogP contribution in [0, 0.1) is 17.5 Å². The summed E-state index contributed by atoms with van der Waals surface area (Å²) < 4.78 is 40.2. The number of hydrogen-bond donors (Lipinski definition) is 0. The van der Waals surface area contributed by atoms with E-state index in [1.54, 1.807) is 24.3 Å². The summed E-state index contributed by atoms with van der Waals surface area (Å²) in [5.41, 5.74) is -0.593. The van der Waals surface area contributed by atoms with E-state index < -0.39 is 28.8 Å². The Hall–Kier alpha value is -2.62. The Morgan fingerprint density at radius 3 is 2.05 bits per heavy atom. The lowest BCUT2D eigenvalue weighted by Crippen LogP contribution is -2.08. The minimum atomic E-state index is -1.20. The van der Waals surface area contributed by atoms with Gasteiger partial charge in [0.1, 0.15) is 17.5 Å². The number of benzene rings is 3. The van der Waals surface area contributed by atoms with Gasteiger partial charge >= 0.3 is 0 Å². The normalized spacial score (nSPS) is 10.8. The summed E-state index contributed by atoms with van der Waals surface area (Å²) in [4.78, 5) is 12.2. The van der Waals surface area contributed by atoms with Gasteiger partial charge in [-0.05, 0) is 16.8 Å². The third-order valence-electron chi connectivity index (χ3n) is 3.25. The maximum atomic E-state index is 13.7. The van der Waals surface area contributed by atoms with Crippen molar-refractivity contribution in [2.45, 2.75) is 0 Å². The fourth-order valence-corrected chi connectivity index (χ4v) is 2.23. The molecular weight excluding hydrogens is 277 g/mol. The second-order valence-corrected chi connectivity index (χ2v) is 4.64. The molecule has 1 nitrogen and oxygen atoms in total. The van der Waals surface area contributed by atoms with Gasteiger partial charge in [0.25, 0.3) is 0 Å². The molecule has 0 aromatic heterocycles. The van der Waals surface area contributed by atoms with Gasteiger partial charge in [-0.25, -0.2) is 13.2 Å². The van der Waals surface area contributed by atoms with Gasteiger partial charge < -0.3 is 0 Å². The molecule has 0 radical (unpaired) electrons. The molecule has 3 rings (SSSR count). The van der Waals surface area contributed by atoms with E-state index in [2.05, 4.69) is 0 Å². The van der Waals surface area contributed by atoms with Crippen molar-refractivity contribution in [3.63, 3.8) is 0 Å². The van der Waals surface area contributed by atoms with Crippen molar-refractivity contribution in [2.75, 3.05) is 0 Å². The molecule has 3 aromatic carbocycles. The lowest BCUT2D eigenvalue weighted by atomic mass is 9.99. The average molecular weight is 286 g/mol. The molecule has 0 atom stereocenters. The summed E-state index contributed by atoms with van der Waals surface area (Å²) in [6.07, 6.45) is 0. The summed E-state index contributed by atoms with van der Waals surface area (Å²) in [5.74, 6) is -4.27. The summed E-state index contributed by atoms with van der Waals surface area (Å²) >= 11 is 0. The molecule has 0 spiro atoms. The molecule has 104 valence electrons.